The molecule has 1 aliphatic carbocycles. The van der Waals surface area contributed by atoms with E-state index in [0.717, 1.165) is 73.7 Å². The van der Waals surface area contributed by atoms with Gasteiger partial charge in [-0.15, -0.1) is 0 Å². The number of nitriles is 1. The van der Waals surface area contributed by atoms with E-state index >= 15 is 0 Å². The molecule has 0 radical (unpaired) electrons. The number of aryl methyl sites for hydroxylation is 1. The van der Waals surface area contributed by atoms with Crippen molar-refractivity contribution in [2.24, 2.45) is 0 Å². The molecule has 2 aromatic carbocycles. The van der Waals surface area contributed by atoms with Gasteiger partial charge < -0.3 is 15.2 Å². The molecule has 1 saturated carbocycles. The average Bonchev–Trinajstić information content (AvgIpc) is 3.32. The number of nitrogens with zero attached hydrogens (tertiary/aromatic N) is 3. The van der Waals surface area contributed by atoms with Crippen LogP contribution in [0.25, 0.3) is 11.4 Å². The quantitative estimate of drug-likeness (QED) is 0.539. The third kappa shape index (κ3) is 4.22. The molecule has 1 saturated heterocycles. The highest BCUT2D eigenvalue weighted by Crippen LogP contribution is 2.42. The maximum absolute atomic E-state index is 13.7. The van der Waals surface area contributed by atoms with Crippen LogP contribution in [0.1, 0.15) is 87.9 Å². The van der Waals surface area contributed by atoms with Gasteiger partial charge in [0.25, 0.3) is 5.91 Å². The summed E-state index contributed by atoms with van der Waals surface area (Å²) < 4.78 is 0. The molecule has 0 bridgehead atoms. The van der Waals surface area contributed by atoms with Crippen LogP contribution in [-0.4, -0.2) is 40.4 Å². The summed E-state index contributed by atoms with van der Waals surface area (Å²) >= 11 is 0. The van der Waals surface area contributed by atoms with E-state index in [9.17, 15) is 4.79 Å². The van der Waals surface area contributed by atoms with Crippen LogP contribution in [0.3, 0.4) is 0 Å². The maximum atomic E-state index is 13.7. The highest BCUT2D eigenvalue weighted by atomic mass is 16.2. The molecule has 0 atom stereocenters. The van der Waals surface area contributed by atoms with Crippen molar-refractivity contribution in [3.8, 4) is 17.5 Å². The Kier molecular flexibility index (Phi) is 6.10. The Hall–Kier alpha value is -3.43. The smallest absolute Gasteiger partial charge is 0.254 e. The van der Waals surface area contributed by atoms with Gasteiger partial charge in [-0.1, -0.05) is 24.6 Å². The first kappa shape index (κ1) is 23.0. The minimum atomic E-state index is 0.130. The van der Waals surface area contributed by atoms with Gasteiger partial charge >= 0.3 is 0 Å². The first-order chi connectivity index (χ1) is 17.6. The van der Waals surface area contributed by atoms with Crippen LogP contribution in [0.5, 0.6) is 0 Å². The number of nitrogens with one attached hydrogen (secondary N) is 2. The highest BCUT2D eigenvalue weighted by molar-refractivity contribution is 5.97. The van der Waals surface area contributed by atoms with Gasteiger partial charge in [0.05, 0.1) is 17.3 Å². The summed E-state index contributed by atoms with van der Waals surface area (Å²) in [5, 5.41) is 12.5. The third-order valence-electron chi connectivity index (χ3n) is 8.43. The normalized spacial score (nSPS) is 18.4. The number of amides is 1. The number of benzene rings is 2. The summed E-state index contributed by atoms with van der Waals surface area (Å²) in [7, 11) is 0. The lowest BCUT2D eigenvalue weighted by Crippen LogP contribution is -2.38. The van der Waals surface area contributed by atoms with Gasteiger partial charge in [-0.25, -0.2) is 4.98 Å². The number of hydrogen-bond acceptors (Lipinski definition) is 4. The second-order valence-electron chi connectivity index (χ2n) is 10.6. The standard InChI is InChI=1S/C30H33N5O/c1-19-15-25(23-3-2-4-23)26(29-33-27-9-12-32-18-28(27)34-29)16-24(19)30(36)35-13-10-22(11-14-35)21-7-5-20(17-31)6-8-21/h5-8,15-16,22-23,32H,2-4,9-14,18H2,1H3,(H,33,34). The molecule has 1 amide bonds. The average molecular weight is 480 g/mol. The molecule has 6 rings (SSSR count). The van der Waals surface area contributed by atoms with Gasteiger partial charge in [-0.05, 0) is 79.3 Å². The molecular weight excluding hydrogens is 446 g/mol. The van der Waals surface area contributed by atoms with Crippen LogP contribution in [0.4, 0.5) is 0 Å². The summed E-state index contributed by atoms with van der Waals surface area (Å²) in [6.45, 7) is 5.36. The van der Waals surface area contributed by atoms with Crippen LogP contribution in [0.15, 0.2) is 36.4 Å². The molecule has 36 heavy (non-hydrogen) atoms. The summed E-state index contributed by atoms with van der Waals surface area (Å²) in [5.41, 5.74) is 8.60. The van der Waals surface area contributed by atoms with E-state index in [1.807, 2.05) is 17.0 Å². The third-order valence-corrected chi connectivity index (χ3v) is 8.43. The first-order valence-corrected chi connectivity index (χ1v) is 13.3. The lowest BCUT2D eigenvalue weighted by Gasteiger charge is -2.33. The number of carbonyl (C=O) groups excluding carboxylic acids is 1. The number of imidazole rings is 1. The van der Waals surface area contributed by atoms with Crippen LogP contribution >= 0.6 is 0 Å². The summed E-state index contributed by atoms with van der Waals surface area (Å²) in [5.74, 6) is 2.04. The molecule has 2 aliphatic heterocycles. The number of likely N-dealkylation sites (tertiary alicyclic amines) is 1. The Bertz CT molecular complexity index is 1300. The fourth-order valence-electron chi connectivity index (χ4n) is 5.99. The van der Waals surface area contributed by atoms with E-state index in [4.69, 9.17) is 10.2 Å². The van der Waals surface area contributed by atoms with E-state index in [1.54, 1.807) is 0 Å². The Balaban J connectivity index is 1.25. The first-order valence-electron chi connectivity index (χ1n) is 13.3. The van der Waals surface area contributed by atoms with Gasteiger partial charge in [0.15, 0.2) is 0 Å². The largest absolute Gasteiger partial charge is 0.342 e. The molecule has 0 spiro atoms. The molecule has 3 aromatic rings. The summed E-state index contributed by atoms with van der Waals surface area (Å²) in [6.07, 6.45) is 6.56. The van der Waals surface area contributed by atoms with Gasteiger partial charge in [0, 0.05) is 49.4 Å². The second kappa shape index (κ2) is 9.55. The number of rotatable bonds is 4. The Morgan fingerprint density at radius 2 is 1.86 bits per heavy atom. The summed E-state index contributed by atoms with van der Waals surface area (Å²) in [4.78, 5) is 24.3. The minimum absolute atomic E-state index is 0.130. The topological polar surface area (TPSA) is 84.8 Å². The van der Waals surface area contributed by atoms with Crippen molar-refractivity contribution < 1.29 is 4.79 Å². The number of H-pyrrole nitrogens is 1. The molecule has 6 nitrogen and oxygen atoms in total. The molecule has 6 heteroatoms. The van der Waals surface area contributed by atoms with E-state index in [0.29, 0.717) is 17.4 Å². The van der Waals surface area contributed by atoms with Crippen molar-refractivity contribution in [1.29, 1.82) is 5.26 Å². The van der Waals surface area contributed by atoms with Crippen molar-refractivity contribution in [3.05, 3.63) is 75.6 Å². The SMILES string of the molecule is Cc1cc(C2CCC2)c(-c2nc3c([nH]2)CCNC3)cc1C(=O)N1CCC(c2ccc(C#N)cc2)CC1. The van der Waals surface area contributed by atoms with E-state index in [2.05, 4.69) is 47.6 Å². The fraction of sp³-hybridized carbons (Fsp3) is 0.433. The predicted octanol–water partition coefficient (Wildman–Crippen LogP) is 5.19. The van der Waals surface area contributed by atoms with Crippen LogP contribution < -0.4 is 5.32 Å². The molecule has 2 fully saturated rings. The molecular formula is C30H33N5O. The van der Waals surface area contributed by atoms with Crippen molar-refractivity contribution >= 4 is 5.91 Å². The fourth-order valence-corrected chi connectivity index (χ4v) is 5.99. The van der Waals surface area contributed by atoms with Crippen molar-refractivity contribution in [2.45, 2.75) is 63.8 Å². The number of carbonyl (C=O) groups is 1. The lowest BCUT2D eigenvalue weighted by atomic mass is 9.77. The molecule has 3 aliphatic rings. The van der Waals surface area contributed by atoms with E-state index in [1.165, 1.54) is 36.1 Å². The second-order valence-corrected chi connectivity index (χ2v) is 10.6. The Labute approximate surface area is 212 Å². The van der Waals surface area contributed by atoms with Crippen LogP contribution in [0, 0.1) is 18.3 Å². The number of hydrogen-bond donors (Lipinski definition) is 2. The van der Waals surface area contributed by atoms with Gasteiger partial charge in [-0.3, -0.25) is 4.79 Å². The number of piperidine rings is 1. The summed E-state index contributed by atoms with van der Waals surface area (Å²) in [6, 6.07) is 14.5. The Morgan fingerprint density at radius 3 is 2.53 bits per heavy atom. The zero-order valence-electron chi connectivity index (χ0n) is 20.9. The van der Waals surface area contributed by atoms with Crippen molar-refractivity contribution in [1.82, 2.24) is 20.2 Å². The number of aromatic nitrogens is 2. The van der Waals surface area contributed by atoms with Crippen LogP contribution in [-0.2, 0) is 13.0 Å². The van der Waals surface area contributed by atoms with E-state index < -0.39 is 0 Å². The molecule has 2 N–H and O–H groups in total. The maximum Gasteiger partial charge on any atom is 0.254 e. The van der Waals surface area contributed by atoms with Gasteiger partial charge in [0.2, 0.25) is 0 Å². The molecule has 184 valence electrons. The number of aromatic amines is 1. The molecule has 0 unspecified atom stereocenters. The van der Waals surface area contributed by atoms with E-state index in [-0.39, 0.29) is 5.91 Å². The lowest BCUT2D eigenvalue weighted by molar-refractivity contribution is 0.0712. The van der Waals surface area contributed by atoms with Gasteiger partial charge in [-0.2, -0.15) is 5.26 Å². The molecule has 1 aromatic heterocycles. The monoisotopic (exact) mass is 479 g/mol. The van der Waals surface area contributed by atoms with Crippen molar-refractivity contribution in [3.63, 3.8) is 0 Å². The van der Waals surface area contributed by atoms with Crippen molar-refractivity contribution in [2.75, 3.05) is 19.6 Å². The van der Waals surface area contributed by atoms with Crippen LogP contribution in [0.2, 0.25) is 0 Å². The Morgan fingerprint density at radius 1 is 1.08 bits per heavy atom. The predicted molar refractivity (Wildman–Crippen MR) is 140 cm³/mol. The zero-order valence-corrected chi connectivity index (χ0v) is 20.9. The molecule has 3 heterocycles. The minimum Gasteiger partial charge on any atom is -0.342 e. The highest BCUT2D eigenvalue weighted by Gasteiger charge is 2.29. The number of fused-ring (bicyclic) bond motifs is 1. The van der Waals surface area contributed by atoms with Gasteiger partial charge in [0.1, 0.15) is 5.82 Å². The zero-order chi connectivity index (χ0) is 24.6.